The molecule has 1 aromatic heterocycles. The topological polar surface area (TPSA) is 82.8 Å². The molecule has 2 heterocycles. The van der Waals surface area contributed by atoms with Crippen LogP contribution in [0.4, 0.5) is 5.82 Å². The molecular weight excluding hydrogens is 238 g/mol. The fourth-order valence-corrected chi connectivity index (χ4v) is 4.08. The van der Waals surface area contributed by atoms with Gasteiger partial charge in [0, 0.05) is 6.20 Å². The normalized spacial score (nSPS) is 26.4. The molecule has 5 nitrogen and oxygen atoms in total. The van der Waals surface area contributed by atoms with Gasteiger partial charge < -0.3 is 5.32 Å². The zero-order valence-corrected chi connectivity index (χ0v) is 10.3. The molecule has 0 saturated carbocycles. The third-order valence-corrected chi connectivity index (χ3v) is 4.75. The van der Waals surface area contributed by atoms with Crippen LogP contribution in [0.2, 0.25) is 0 Å². The third kappa shape index (κ3) is 2.56. The standard InChI is InChI=1S/C11H13N3O2S/c1-11(4-6-17(15,16)8-11)14-10-9(7-12)3-2-5-13-10/h2-3,5H,4,6,8H2,1H3,(H,13,14). The summed E-state index contributed by atoms with van der Waals surface area (Å²) >= 11 is 0. The van der Waals surface area contributed by atoms with E-state index in [4.69, 9.17) is 5.26 Å². The number of hydrogen-bond donors (Lipinski definition) is 1. The first-order valence-electron chi connectivity index (χ1n) is 5.28. The molecule has 0 radical (unpaired) electrons. The minimum atomic E-state index is -2.97. The molecular formula is C11H13N3O2S. The van der Waals surface area contributed by atoms with Crippen LogP contribution in [0.25, 0.3) is 0 Å². The van der Waals surface area contributed by atoms with Crippen LogP contribution < -0.4 is 5.32 Å². The highest BCUT2D eigenvalue weighted by atomic mass is 32.2. The molecule has 1 saturated heterocycles. The number of nitriles is 1. The van der Waals surface area contributed by atoms with Crippen molar-refractivity contribution in [3.8, 4) is 6.07 Å². The molecule has 2 rings (SSSR count). The molecule has 1 fully saturated rings. The number of sulfone groups is 1. The summed E-state index contributed by atoms with van der Waals surface area (Å²) in [6, 6.07) is 5.37. The Hall–Kier alpha value is -1.61. The molecule has 1 aromatic rings. The lowest BCUT2D eigenvalue weighted by Gasteiger charge is -2.24. The molecule has 1 aliphatic rings. The Morgan fingerprint density at radius 3 is 2.94 bits per heavy atom. The second kappa shape index (κ2) is 4.00. The van der Waals surface area contributed by atoms with Crippen LogP contribution in [0.15, 0.2) is 18.3 Å². The minimum Gasteiger partial charge on any atom is -0.363 e. The summed E-state index contributed by atoms with van der Waals surface area (Å²) < 4.78 is 22.9. The van der Waals surface area contributed by atoms with Crippen LogP contribution in [0.5, 0.6) is 0 Å². The van der Waals surface area contributed by atoms with Gasteiger partial charge in [0.2, 0.25) is 0 Å². The molecule has 90 valence electrons. The highest BCUT2D eigenvalue weighted by Crippen LogP contribution is 2.27. The smallest absolute Gasteiger partial charge is 0.152 e. The second-order valence-corrected chi connectivity index (χ2v) is 6.72. The van der Waals surface area contributed by atoms with Gasteiger partial charge in [0.25, 0.3) is 0 Å². The second-order valence-electron chi connectivity index (χ2n) is 4.54. The molecule has 1 atom stereocenters. The highest BCUT2D eigenvalue weighted by molar-refractivity contribution is 7.91. The fourth-order valence-electron chi connectivity index (χ4n) is 1.99. The van der Waals surface area contributed by atoms with Gasteiger partial charge in [-0.25, -0.2) is 13.4 Å². The summed E-state index contributed by atoms with van der Waals surface area (Å²) in [5, 5.41) is 12.0. The van der Waals surface area contributed by atoms with E-state index in [0.29, 0.717) is 17.8 Å². The molecule has 1 unspecified atom stereocenters. The number of aromatic nitrogens is 1. The van der Waals surface area contributed by atoms with Crippen LogP contribution in [-0.2, 0) is 9.84 Å². The van der Waals surface area contributed by atoms with E-state index in [1.807, 2.05) is 13.0 Å². The van der Waals surface area contributed by atoms with Crippen molar-refractivity contribution >= 4 is 15.7 Å². The summed E-state index contributed by atoms with van der Waals surface area (Å²) in [6.07, 6.45) is 2.12. The lowest BCUT2D eigenvalue weighted by atomic mass is 10.0. The number of pyridine rings is 1. The van der Waals surface area contributed by atoms with Gasteiger partial charge in [0.15, 0.2) is 9.84 Å². The van der Waals surface area contributed by atoms with E-state index in [1.165, 1.54) is 0 Å². The van der Waals surface area contributed by atoms with Crippen LogP contribution in [-0.4, -0.2) is 30.4 Å². The van der Waals surface area contributed by atoms with Crippen molar-refractivity contribution in [3.63, 3.8) is 0 Å². The summed E-state index contributed by atoms with van der Waals surface area (Å²) in [6.45, 7) is 1.84. The van der Waals surface area contributed by atoms with Crippen LogP contribution in [0, 0.1) is 11.3 Å². The van der Waals surface area contributed by atoms with Crippen LogP contribution in [0.1, 0.15) is 18.9 Å². The van der Waals surface area contributed by atoms with Crippen molar-refractivity contribution in [3.05, 3.63) is 23.9 Å². The Bertz CT molecular complexity index is 577. The van der Waals surface area contributed by atoms with E-state index in [0.717, 1.165) is 0 Å². The van der Waals surface area contributed by atoms with Gasteiger partial charge in [0.05, 0.1) is 22.6 Å². The lowest BCUT2D eigenvalue weighted by molar-refractivity contribution is 0.572. The summed E-state index contributed by atoms with van der Waals surface area (Å²) in [7, 11) is -2.97. The quantitative estimate of drug-likeness (QED) is 0.845. The van der Waals surface area contributed by atoms with Crippen molar-refractivity contribution < 1.29 is 8.42 Å². The van der Waals surface area contributed by atoms with Crippen molar-refractivity contribution in [2.24, 2.45) is 0 Å². The van der Waals surface area contributed by atoms with Crippen molar-refractivity contribution in [2.75, 3.05) is 16.8 Å². The number of hydrogen-bond acceptors (Lipinski definition) is 5. The Morgan fingerprint density at radius 1 is 1.59 bits per heavy atom. The number of nitrogens with one attached hydrogen (secondary N) is 1. The number of nitrogens with zero attached hydrogens (tertiary/aromatic N) is 2. The minimum absolute atomic E-state index is 0.0848. The van der Waals surface area contributed by atoms with Crippen LogP contribution >= 0.6 is 0 Å². The zero-order valence-electron chi connectivity index (χ0n) is 9.47. The predicted octanol–water partition coefficient (Wildman–Crippen LogP) is 0.942. The summed E-state index contributed by atoms with van der Waals surface area (Å²) in [5.74, 6) is 0.724. The summed E-state index contributed by atoms with van der Waals surface area (Å²) in [4.78, 5) is 4.08. The molecule has 0 bridgehead atoms. The van der Waals surface area contributed by atoms with Crippen molar-refractivity contribution in [1.82, 2.24) is 4.98 Å². The maximum absolute atomic E-state index is 11.5. The predicted molar refractivity (Wildman–Crippen MR) is 64.3 cm³/mol. The maximum atomic E-state index is 11.5. The fraction of sp³-hybridized carbons (Fsp3) is 0.455. The van der Waals surface area contributed by atoms with E-state index < -0.39 is 15.4 Å². The van der Waals surface area contributed by atoms with E-state index in [2.05, 4.69) is 10.3 Å². The van der Waals surface area contributed by atoms with E-state index in [1.54, 1.807) is 18.3 Å². The molecule has 6 heteroatoms. The van der Waals surface area contributed by atoms with Gasteiger partial charge in [-0.3, -0.25) is 0 Å². The highest BCUT2D eigenvalue weighted by Gasteiger charge is 2.38. The first-order chi connectivity index (χ1) is 7.94. The third-order valence-electron chi connectivity index (χ3n) is 2.85. The molecule has 1 aliphatic heterocycles. The summed E-state index contributed by atoms with van der Waals surface area (Å²) in [5.41, 5.74) is -0.100. The Labute approximate surface area is 100 Å². The lowest BCUT2D eigenvalue weighted by Crippen LogP contribution is -2.36. The molecule has 17 heavy (non-hydrogen) atoms. The largest absolute Gasteiger partial charge is 0.363 e. The van der Waals surface area contributed by atoms with Crippen LogP contribution in [0.3, 0.4) is 0 Å². The Morgan fingerprint density at radius 2 is 2.35 bits per heavy atom. The van der Waals surface area contributed by atoms with E-state index in [-0.39, 0.29) is 11.5 Å². The van der Waals surface area contributed by atoms with Gasteiger partial charge in [-0.2, -0.15) is 5.26 Å². The van der Waals surface area contributed by atoms with E-state index >= 15 is 0 Å². The molecule has 0 aromatic carbocycles. The molecule has 1 N–H and O–H groups in total. The van der Waals surface area contributed by atoms with Gasteiger partial charge in [-0.1, -0.05) is 0 Å². The zero-order chi connectivity index (χ0) is 12.5. The first kappa shape index (κ1) is 11.9. The average Bonchev–Trinajstić information content (AvgIpc) is 2.53. The Kier molecular flexibility index (Phi) is 2.79. The van der Waals surface area contributed by atoms with Gasteiger partial charge in [-0.05, 0) is 25.5 Å². The number of rotatable bonds is 2. The van der Waals surface area contributed by atoms with Crippen molar-refractivity contribution in [2.45, 2.75) is 18.9 Å². The SMILES string of the molecule is CC1(Nc2ncccc2C#N)CCS(=O)(=O)C1. The molecule has 0 aliphatic carbocycles. The monoisotopic (exact) mass is 251 g/mol. The van der Waals surface area contributed by atoms with Gasteiger partial charge in [0.1, 0.15) is 11.9 Å². The molecule has 0 spiro atoms. The first-order valence-corrected chi connectivity index (χ1v) is 7.10. The van der Waals surface area contributed by atoms with Gasteiger partial charge in [-0.15, -0.1) is 0 Å². The maximum Gasteiger partial charge on any atom is 0.152 e. The van der Waals surface area contributed by atoms with Gasteiger partial charge >= 0.3 is 0 Å². The average molecular weight is 251 g/mol. The Balaban J connectivity index is 2.25. The number of anilines is 1. The molecule has 0 amide bonds. The van der Waals surface area contributed by atoms with E-state index in [9.17, 15) is 8.42 Å². The van der Waals surface area contributed by atoms with Crippen molar-refractivity contribution in [1.29, 1.82) is 5.26 Å².